The molecule has 8 heteroatoms. The number of aryl methyl sites for hydroxylation is 2. The van der Waals surface area contributed by atoms with E-state index in [2.05, 4.69) is 15.0 Å². The molecule has 0 spiro atoms. The molecular weight excluding hydrogens is 338 g/mol. The van der Waals surface area contributed by atoms with Crippen molar-refractivity contribution in [1.82, 2.24) is 19.5 Å². The number of fused-ring (bicyclic) bond motifs is 1. The van der Waals surface area contributed by atoms with Gasteiger partial charge < -0.3 is 14.5 Å². The Bertz CT molecular complexity index is 787. The Morgan fingerprint density at radius 3 is 2.80 bits per heavy atom. The molecule has 0 aliphatic carbocycles. The van der Waals surface area contributed by atoms with E-state index in [9.17, 15) is 4.79 Å². The van der Waals surface area contributed by atoms with Gasteiger partial charge in [0.05, 0.1) is 18.8 Å². The van der Waals surface area contributed by atoms with E-state index in [-0.39, 0.29) is 5.91 Å². The maximum atomic E-state index is 12.8. The van der Waals surface area contributed by atoms with E-state index in [4.69, 9.17) is 4.74 Å². The third kappa shape index (κ3) is 3.32. The summed E-state index contributed by atoms with van der Waals surface area (Å²) in [6.07, 6.45) is -0.406. The van der Waals surface area contributed by atoms with E-state index >= 15 is 0 Å². The van der Waals surface area contributed by atoms with E-state index < -0.39 is 6.10 Å². The molecule has 2 aliphatic heterocycles. The minimum Gasteiger partial charge on any atom is -0.365 e. The minimum atomic E-state index is -0.406. The standard InChI is InChI=1S/C17H23N5O2S/c1-12-10-16(22-15(18-12)9-13(2)19-22)21-3-6-24-14(11-21)17(23)20-4-7-25-8-5-20/h9-10,14H,3-8,11H2,1-2H3. The minimum absolute atomic E-state index is 0.115. The lowest BCUT2D eigenvalue weighted by Gasteiger charge is -2.37. The number of carbonyl (C=O) groups excluding carboxylic acids is 1. The van der Waals surface area contributed by atoms with Gasteiger partial charge in [0.25, 0.3) is 5.91 Å². The quantitative estimate of drug-likeness (QED) is 0.799. The molecule has 25 heavy (non-hydrogen) atoms. The van der Waals surface area contributed by atoms with Crippen molar-refractivity contribution in [2.45, 2.75) is 20.0 Å². The lowest BCUT2D eigenvalue weighted by molar-refractivity contribution is -0.144. The van der Waals surface area contributed by atoms with Crippen molar-refractivity contribution in [3.63, 3.8) is 0 Å². The van der Waals surface area contributed by atoms with Crippen LogP contribution in [-0.2, 0) is 9.53 Å². The Morgan fingerprint density at radius 2 is 2.00 bits per heavy atom. The number of hydrogen-bond donors (Lipinski definition) is 0. The summed E-state index contributed by atoms with van der Waals surface area (Å²) in [6, 6.07) is 4.01. The summed E-state index contributed by atoms with van der Waals surface area (Å²) in [7, 11) is 0. The Hall–Kier alpha value is -1.80. The Balaban J connectivity index is 1.58. The van der Waals surface area contributed by atoms with Gasteiger partial charge in [-0.15, -0.1) is 0 Å². The SMILES string of the molecule is Cc1cc(N2CCOC(C(=O)N3CCSCC3)C2)n2nc(C)cc2n1. The van der Waals surface area contributed by atoms with Crippen molar-refractivity contribution in [2.75, 3.05) is 49.2 Å². The zero-order valence-electron chi connectivity index (χ0n) is 14.6. The highest BCUT2D eigenvalue weighted by Crippen LogP contribution is 2.22. The molecule has 0 saturated carbocycles. The summed E-state index contributed by atoms with van der Waals surface area (Å²) in [5.74, 6) is 3.12. The summed E-state index contributed by atoms with van der Waals surface area (Å²) in [5.41, 5.74) is 2.73. The number of morpholine rings is 1. The molecule has 0 aromatic carbocycles. The van der Waals surface area contributed by atoms with Crippen LogP contribution in [0.1, 0.15) is 11.4 Å². The lowest BCUT2D eigenvalue weighted by atomic mass is 10.2. The van der Waals surface area contributed by atoms with Crippen LogP contribution in [0.15, 0.2) is 12.1 Å². The molecular formula is C17H23N5O2S. The zero-order chi connectivity index (χ0) is 17.4. The lowest BCUT2D eigenvalue weighted by Crippen LogP contribution is -2.53. The second-order valence-corrected chi connectivity index (χ2v) is 7.78. The number of anilines is 1. The van der Waals surface area contributed by atoms with Crippen LogP contribution in [0.4, 0.5) is 5.82 Å². The molecule has 2 saturated heterocycles. The second-order valence-electron chi connectivity index (χ2n) is 6.55. The van der Waals surface area contributed by atoms with Crippen LogP contribution >= 0.6 is 11.8 Å². The fraction of sp³-hybridized carbons (Fsp3) is 0.588. The molecule has 0 bridgehead atoms. The average Bonchev–Trinajstić information content (AvgIpc) is 3.01. The van der Waals surface area contributed by atoms with Crippen LogP contribution < -0.4 is 4.90 Å². The molecule has 1 unspecified atom stereocenters. The van der Waals surface area contributed by atoms with Crippen LogP contribution in [0, 0.1) is 13.8 Å². The van der Waals surface area contributed by atoms with E-state index in [1.807, 2.05) is 47.2 Å². The third-order valence-electron chi connectivity index (χ3n) is 4.65. The van der Waals surface area contributed by atoms with Gasteiger partial charge >= 0.3 is 0 Å². The van der Waals surface area contributed by atoms with Crippen molar-refractivity contribution >= 4 is 29.1 Å². The van der Waals surface area contributed by atoms with E-state index in [0.717, 1.165) is 54.0 Å². The highest BCUT2D eigenvalue weighted by molar-refractivity contribution is 7.99. The van der Waals surface area contributed by atoms with Gasteiger partial charge in [-0.1, -0.05) is 0 Å². The van der Waals surface area contributed by atoms with Crippen LogP contribution in [0.2, 0.25) is 0 Å². The highest BCUT2D eigenvalue weighted by atomic mass is 32.2. The van der Waals surface area contributed by atoms with Crippen LogP contribution in [-0.4, -0.2) is 75.8 Å². The van der Waals surface area contributed by atoms with Gasteiger partial charge in [0.15, 0.2) is 11.8 Å². The number of ether oxygens (including phenoxy) is 1. The summed E-state index contributed by atoms with van der Waals surface area (Å²) in [6.45, 7) is 7.44. The monoisotopic (exact) mass is 361 g/mol. The molecule has 134 valence electrons. The van der Waals surface area contributed by atoms with Gasteiger partial charge in [0.1, 0.15) is 5.82 Å². The maximum absolute atomic E-state index is 12.8. The fourth-order valence-electron chi connectivity index (χ4n) is 3.41. The predicted octanol–water partition coefficient (Wildman–Crippen LogP) is 1.13. The summed E-state index contributed by atoms with van der Waals surface area (Å²) in [4.78, 5) is 21.5. The number of amides is 1. The first-order valence-corrected chi connectivity index (χ1v) is 9.84. The average molecular weight is 361 g/mol. The van der Waals surface area contributed by atoms with Crippen LogP contribution in [0.25, 0.3) is 5.65 Å². The smallest absolute Gasteiger partial charge is 0.253 e. The van der Waals surface area contributed by atoms with Gasteiger partial charge in [-0.05, 0) is 13.8 Å². The van der Waals surface area contributed by atoms with E-state index in [0.29, 0.717) is 13.2 Å². The molecule has 4 heterocycles. The second kappa shape index (κ2) is 6.84. The summed E-state index contributed by atoms with van der Waals surface area (Å²) in [5, 5.41) is 4.56. The van der Waals surface area contributed by atoms with Crippen molar-refractivity contribution in [1.29, 1.82) is 0 Å². The molecule has 1 atom stereocenters. The summed E-state index contributed by atoms with van der Waals surface area (Å²) < 4.78 is 7.68. The number of nitrogens with zero attached hydrogens (tertiary/aromatic N) is 5. The van der Waals surface area contributed by atoms with Crippen LogP contribution in [0.3, 0.4) is 0 Å². The molecule has 1 amide bonds. The highest BCUT2D eigenvalue weighted by Gasteiger charge is 2.32. The third-order valence-corrected chi connectivity index (χ3v) is 5.59. The predicted molar refractivity (Wildman–Crippen MR) is 98.3 cm³/mol. The molecule has 7 nitrogen and oxygen atoms in total. The summed E-state index contributed by atoms with van der Waals surface area (Å²) >= 11 is 1.90. The van der Waals surface area contributed by atoms with E-state index in [1.165, 1.54) is 0 Å². The van der Waals surface area contributed by atoms with Gasteiger partial charge in [0, 0.05) is 49.0 Å². The number of hydrogen-bond acceptors (Lipinski definition) is 6. The first kappa shape index (κ1) is 16.7. The van der Waals surface area contributed by atoms with Gasteiger partial charge in [0.2, 0.25) is 0 Å². The van der Waals surface area contributed by atoms with Crippen LogP contribution in [0.5, 0.6) is 0 Å². The molecule has 0 radical (unpaired) electrons. The van der Waals surface area contributed by atoms with E-state index in [1.54, 1.807) is 0 Å². The topological polar surface area (TPSA) is 63.0 Å². The fourth-order valence-corrected chi connectivity index (χ4v) is 4.32. The maximum Gasteiger partial charge on any atom is 0.253 e. The normalized spacial score (nSPS) is 21.8. The molecule has 2 fully saturated rings. The van der Waals surface area contributed by atoms with Gasteiger partial charge in [-0.3, -0.25) is 4.79 Å². The number of aromatic nitrogens is 3. The number of rotatable bonds is 2. The largest absolute Gasteiger partial charge is 0.365 e. The van der Waals surface area contributed by atoms with Crippen molar-refractivity contribution in [3.05, 3.63) is 23.5 Å². The Morgan fingerprint density at radius 1 is 1.20 bits per heavy atom. The van der Waals surface area contributed by atoms with Crippen molar-refractivity contribution < 1.29 is 9.53 Å². The van der Waals surface area contributed by atoms with Crippen molar-refractivity contribution in [2.24, 2.45) is 0 Å². The first-order valence-electron chi connectivity index (χ1n) is 8.69. The first-order chi connectivity index (χ1) is 12.1. The van der Waals surface area contributed by atoms with Gasteiger partial charge in [-0.2, -0.15) is 21.4 Å². The molecule has 4 rings (SSSR count). The molecule has 0 N–H and O–H groups in total. The zero-order valence-corrected chi connectivity index (χ0v) is 15.5. The molecule has 2 aliphatic rings. The molecule has 2 aromatic rings. The Kier molecular flexibility index (Phi) is 4.56. The Labute approximate surface area is 151 Å². The molecule has 2 aromatic heterocycles. The van der Waals surface area contributed by atoms with Crippen molar-refractivity contribution in [3.8, 4) is 0 Å². The van der Waals surface area contributed by atoms with Gasteiger partial charge in [-0.25, -0.2) is 4.98 Å². The number of carbonyl (C=O) groups is 1. The number of thioether (sulfide) groups is 1.